The van der Waals surface area contributed by atoms with E-state index < -0.39 is 23.7 Å². The Balaban J connectivity index is 4.76. The van der Waals surface area contributed by atoms with E-state index in [1.54, 1.807) is 0 Å². The van der Waals surface area contributed by atoms with Crippen molar-refractivity contribution in [1.29, 1.82) is 0 Å². The molecule has 3 N–H and O–H groups in total. The molecule has 0 spiro atoms. The second kappa shape index (κ2) is 8.37. The topological polar surface area (TPSA) is 81.4 Å². The third-order valence-electron chi connectivity index (χ3n) is 2.78. The zero-order valence-corrected chi connectivity index (χ0v) is 14.5. The molecular weight excluding hydrogens is 268 g/mol. The van der Waals surface area contributed by atoms with E-state index in [4.69, 9.17) is 10.5 Å². The van der Waals surface area contributed by atoms with E-state index in [1.807, 2.05) is 48.5 Å². The highest BCUT2D eigenvalue weighted by Gasteiger charge is 2.28. The molecule has 0 saturated carbocycles. The van der Waals surface area contributed by atoms with E-state index >= 15 is 0 Å². The van der Waals surface area contributed by atoms with Crippen molar-refractivity contribution in [3.63, 3.8) is 0 Å². The average Bonchev–Trinajstić information content (AvgIpc) is 2.23. The van der Waals surface area contributed by atoms with Gasteiger partial charge in [-0.15, -0.1) is 0 Å². The van der Waals surface area contributed by atoms with Crippen LogP contribution in [0.25, 0.3) is 0 Å². The van der Waals surface area contributed by atoms with Crippen LogP contribution in [-0.2, 0) is 14.3 Å². The molecule has 0 bridgehead atoms. The summed E-state index contributed by atoms with van der Waals surface area (Å²) in [6.45, 7) is 13.4. The molecule has 0 aromatic heterocycles. The minimum absolute atomic E-state index is 0.268. The van der Waals surface area contributed by atoms with Gasteiger partial charge in [0.1, 0.15) is 11.6 Å². The van der Waals surface area contributed by atoms with Gasteiger partial charge in [0.15, 0.2) is 0 Å². The smallest absolute Gasteiger partial charge is 0.329 e. The van der Waals surface area contributed by atoms with Gasteiger partial charge in [0.2, 0.25) is 5.91 Å². The summed E-state index contributed by atoms with van der Waals surface area (Å²) >= 11 is 0. The lowest BCUT2D eigenvalue weighted by atomic mass is 10.0. The third kappa shape index (κ3) is 9.45. The van der Waals surface area contributed by atoms with Gasteiger partial charge in [-0.05, 0) is 45.4 Å². The van der Waals surface area contributed by atoms with E-state index in [2.05, 4.69) is 5.32 Å². The summed E-state index contributed by atoms with van der Waals surface area (Å²) in [7, 11) is 0. The molecule has 0 aliphatic heterocycles. The minimum Gasteiger partial charge on any atom is -0.458 e. The third-order valence-corrected chi connectivity index (χ3v) is 2.78. The van der Waals surface area contributed by atoms with Crippen LogP contribution >= 0.6 is 0 Å². The molecule has 0 heterocycles. The molecule has 2 atom stereocenters. The van der Waals surface area contributed by atoms with Gasteiger partial charge in [0.05, 0.1) is 6.04 Å². The van der Waals surface area contributed by atoms with Gasteiger partial charge < -0.3 is 15.8 Å². The van der Waals surface area contributed by atoms with Crippen molar-refractivity contribution in [2.45, 2.75) is 79.0 Å². The van der Waals surface area contributed by atoms with Crippen LogP contribution < -0.4 is 11.1 Å². The van der Waals surface area contributed by atoms with Crippen LogP contribution in [0.4, 0.5) is 0 Å². The predicted molar refractivity (Wildman–Crippen MR) is 84.7 cm³/mol. The quantitative estimate of drug-likeness (QED) is 0.706. The molecule has 0 fully saturated rings. The lowest BCUT2D eigenvalue weighted by molar-refractivity contribution is -0.159. The second-order valence-electron chi connectivity index (χ2n) is 7.46. The lowest BCUT2D eigenvalue weighted by Crippen LogP contribution is -2.50. The molecule has 0 unspecified atom stereocenters. The number of ether oxygens (including phenoxy) is 1. The highest BCUT2D eigenvalue weighted by atomic mass is 16.6. The number of carbonyl (C=O) groups is 2. The predicted octanol–water partition coefficient (Wildman–Crippen LogP) is 2.23. The molecule has 0 rings (SSSR count). The summed E-state index contributed by atoms with van der Waals surface area (Å²) in [4.78, 5) is 24.3. The summed E-state index contributed by atoms with van der Waals surface area (Å²) < 4.78 is 5.37. The van der Waals surface area contributed by atoms with Crippen LogP contribution in [0, 0.1) is 11.8 Å². The Morgan fingerprint density at radius 3 is 1.90 bits per heavy atom. The van der Waals surface area contributed by atoms with Gasteiger partial charge in [0, 0.05) is 0 Å². The number of hydrogen-bond donors (Lipinski definition) is 2. The number of nitrogens with one attached hydrogen (secondary N) is 1. The molecule has 0 saturated heterocycles. The Morgan fingerprint density at radius 2 is 1.52 bits per heavy atom. The first-order valence-electron chi connectivity index (χ1n) is 7.71. The maximum atomic E-state index is 12.2. The first kappa shape index (κ1) is 19.9. The van der Waals surface area contributed by atoms with E-state index in [9.17, 15) is 9.59 Å². The molecule has 5 heteroatoms. The molecule has 0 aliphatic carbocycles. The van der Waals surface area contributed by atoms with Crippen molar-refractivity contribution in [3.8, 4) is 0 Å². The van der Waals surface area contributed by atoms with Crippen LogP contribution in [0.15, 0.2) is 0 Å². The SMILES string of the molecule is CC(C)C[C@H](N)C(=O)N[C@H](CC(C)C)C(=O)OC(C)(C)C. The minimum atomic E-state index is -0.644. The van der Waals surface area contributed by atoms with Crippen molar-refractivity contribution < 1.29 is 14.3 Å². The Bertz CT molecular complexity index is 346. The van der Waals surface area contributed by atoms with Crippen molar-refractivity contribution in [3.05, 3.63) is 0 Å². The second-order valence-corrected chi connectivity index (χ2v) is 7.46. The van der Waals surface area contributed by atoms with Gasteiger partial charge in [-0.1, -0.05) is 27.7 Å². The molecular formula is C16H32N2O3. The van der Waals surface area contributed by atoms with Crippen LogP contribution in [-0.4, -0.2) is 29.6 Å². The van der Waals surface area contributed by atoms with Gasteiger partial charge in [-0.2, -0.15) is 0 Å². The highest BCUT2D eigenvalue weighted by Crippen LogP contribution is 2.13. The molecule has 0 aromatic rings. The van der Waals surface area contributed by atoms with E-state index in [1.165, 1.54) is 0 Å². The van der Waals surface area contributed by atoms with Crippen LogP contribution in [0.5, 0.6) is 0 Å². The van der Waals surface area contributed by atoms with Crippen LogP contribution in [0.1, 0.15) is 61.3 Å². The molecule has 0 radical (unpaired) electrons. The van der Waals surface area contributed by atoms with Crippen molar-refractivity contribution in [2.75, 3.05) is 0 Å². The van der Waals surface area contributed by atoms with Gasteiger partial charge >= 0.3 is 5.97 Å². The lowest BCUT2D eigenvalue weighted by Gasteiger charge is -2.26. The number of rotatable bonds is 7. The normalized spacial score (nSPS) is 15.0. The summed E-state index contributed by atoms with van der Waals surface area (Å²) in [5.41, 5.74) is 5.29. The molecule has 5 nitrogen and oxygen atoms in total. The fourth-order valence-electron chi connectivity index (χ4n) is 1.95. The van der Waals surface area contributed by atoms with Crippen LogP contribution in [0.3, 0.4) is 0 Å². The zero-order chi connectivity index (χ0) is 16.8. The van der Waals surface area contributed by atoms with Gasteiger partial charge in [-0.3, -0.25) is 4.79 Å². The summed E-state index contributed by atoms with van der Waals surface area (Å²) in [5.74, 6) is -0.0959. The average molecular weight is 300 g/mol. The van der Waals surface area contributed by atoms with Gasteiger partial charge in [-0.25, -0.2) is 4.79 Å². The van der Waals surface area contributed by atoms with Crippen molar-refractivity contribution >= 4 is 11.9 Å². The fourth-order valence-corrected chi connectivity index (χ4v) is 1.95. The summed E-state index contributed by atoms with van der Waals surface area (Å²) in [5, 5.41) is 2.74. The monoisotopic (exact) mass is 300 g/mol. The number of hydrogen-bond acceptors (Lipinski definition) is 4. The number of nitrogens with two attached hydrogens (primary N) is 1. The van der Waals surface area contributed by atoms with Crippen LogP contribution in [0.2, 0.25) is 0 Å². The summed E-state index contributed by atoms with van der Waals surface area (Å²) in [6, 6.07) is -1.24. The molecule has 21 heavy (non-hydrogen) atoms. The number of amides is 1. The number of esters is 1. The maximum absolute atomic E-state index is 12.2. The molecule has 0 aromatic carbocycles. The standard InChI is InChI=1S/C16H32N2O3/c1-10(2)8-12(17)14(19)18-13(9-11(3)4)15(20)21-16(5,6)7/h10-13H,8-9,17H2,1-7H3,(H,18,19)/t12-,13+/m0/s1. The molecule has 124 valence electrons. The Labute approximate surface area is 129 Å². The van der Waals surface area contributed by atoms with Crippen molar-refractivity contribution in [2.24, 2.45) is 17.6 Å². The fraction of sp³-hybridized carbons (Fsp3) is 0.875. The van der Waals surface area contributed by atoms with Crippen molar-refractivity contribution in [1.82, 2.24) is 5.32 Å². The van der Waals surface area contributed by atoms with E-state index in [0.717, 1.165) is 0 Å². The highest BCUT2D eigenvalue weighted by molar-refractivity contribution is 5.87. The largest absolute Gasteiger partial charge is 0.458 e. The van der Waals surface area contributed by atoms with E-state index in [-0.39, 0.29) is 11.8 Å². The maximum Gasteiger partial charge on any atom is 0.329 e. The Morgan fingerprint density at radius 1 is 1.05 bits per heavy atom. The first-order valence-corrected chi connectivity index (χ1v) is 7.71. The van der Waals surface area contributed by atoms with E-state index in [0.29, 0.717) is 18.8 Å². The van der Waals surface area contributed by atoms with Gasteiger partial charge in [0.25, 0.3) is 0 Å². The molecule has 1 amide bonds. The zero-order valence-electron chi connectivity index (χ0n) is 14.5. The Kier molecular flexibility index (Phi) is 7.93. The summed E-state index contributed by atoms with van der Waals surface area (Å²) in [6.07, 6.45) is 1.13. The Hall–Kier alpha value is -1.10. The molecule has 0 aliphatic rings. The number of carbonyl (C=O) groups excluding carboxylic acids is 2. The first-order chi connectivity index (χ1) is 9.42.